The van der Waals surface area contributed by atoms with E-state index >= 15 is 0 Å². The first-order valence-electron chi connectivity index (χ1n) is 13.0. The zero-order valence-corrected chi connectivity index (χ0v) is 25.1. The summed E-state index contributed by atoms with van der Waals surface area (Å²) in [5.74, 6) is -3.27. The van der Waals surface area contributed by atoms with Crippen molar-refractivity contribution >= 4 is 50.7 Å². The molecule has 3 aromatic carbocycles. The normalized spacial score (nSPS) is 16.3. The number of ketones is 1. The van der Waals surface area contributed by atoms with Crippen LogP contribution in [0.15, 0.2) is 77.7 Å². The van der Waals surface area contributed by atoms with Crippen LogP contribution in [-0.4, -0.2) is 63.2 Å². The Morgan fingerprint density at radius 1 is 1.02 bits per heavy atom. The molecule has 0 saturated carbocycles. The number of nitrogens with zero attached hydrogens (tertiary/aromatic N) is 2. The van der Waals surface area contributed by atoms with Crippen LogP contribution >= 0.6 is 11.6 Å². The van der Waals surface area contributed by atoms with Crippen molar-refractivity contribution in [3.63, 3.8) is 0 Å². The van der Waals surface area contributed by atoms with E-state index in [1.54, 1.807) is 56.3 Å². The number of Topliss-reactive ketones (excluding diaryl/α,β-unsaturated/α-hetero) is 1. The van der Waals surface area contributed by atoms with Gasteiger partial charge in [0.25, 0.3) is 0 Å². The Morgan fingerprint density at radius 3 is 2.29 bits per heavy atom. The molecule has 1 atom stereocenters. The third kappa shape index (κ3) is 6.88. The van der Waals surface area contributed by atoms with Crippen LogP contribution in [0.2, 0.25) is 5.02 Å². The van der Waals surface area contributed by atoms with Gasteiger partial charge in [0.2, 0.25) is 10.0 Å². The fourth-order valence-corrected chi connectivity index (χ4v) is 5.83. The molecule has 10 nitrogen and oxygen atoms in total. The molecule has 0 spiro atoms. The molecule has 0 N–H and O–H groups in total. The van der Waals surface area contributed by atoms with Gasteiger partial charge in [0.1, 0.15) is 0 Å². The number of sulfonamides is 1. The van der Waals surface area contributed by atoms with Crippen molar-refractivity contribution in [1.82, 2.24) is 4.31 Å². The van der Waals surface area contributed by atoms with Crippen LogP contribution in [0, 0.1) is 0 Å². The van der Waals surface area contributed by atoms with Crippen LogP contribution in [0.4, 0.5) is 11.4 Å². The Hall–Kier alpha value is -3.61. The number of carbonyl (C=O) groups excluding carboxylic acids is 3. The summed E-state index contributed by atoms with van der Waals surface area (Å²) in [5, 5.41) is 0.264. The second-order valence-electron chi connectivity index (χ2n) is 10.0. The van der Waals surface area contributed by atoms with Gasteiger partial charge in [-0.25, -0.2) is 13.2 Å². The number of anilines is 2. The molecule has 1 aliphatic heterocycles. The Labute approximate surface area is 249 Å². The fourth-order valence-electron chi connectivity index (χ4n) is 4.44. The van der Waals surface area contributed by atoms with Gasteiger partial charge in [-0.2, -0.15) is 4.31 Å². The van der Waals surface area contributed by atoms with E-state index in [9.17, 15) is 22.8 Å². The summed E-state index contributed by atoms with van der Waals surface area (Å²) in [7, 11) is -1.32. The number of amides is 1. The molecular weight excluding hydrogens is 584 g/mol. The van der Waals surface area contributed by atoms with Gasteiger partial charge in [0, 0.05) is 29.7 Å². The van der Waals surface area contributed by atoms with Gasteiger partial charge in [0.05, 0.1) is 24.3 Å². The molecule has 222 valence electrons. The van der Waals surface area contributed by atoms with Gasteiger partial charge in [-0.05, 0) is 68.3 Å². The number of ether oxygens (including phenoxy) is 3. The molecule has 0 bridgehead atoms. The Morgan fingerprint density at radius 2 is 1.69 bits per heavy atom. The highest BCUT2D eigenvalue weighted by Crippen LogP contribution is 2.33. The van der Waals surface area contributed by atoms with Crippen molar-refractivity contribution < 1.29 is 37.0 Å². The van der Waals surface area contributed by atoms with E-state index in [0.29, 0.717) is 12.1 Å². The number of likely N-dealkylation sites (N-methyl/N-ethyl adjacent to an activating group) is 1. The van der Waals surface area contributed by atoms with Crippen LogP contribution in [0.3, 0.4) is 0 Å². The molecule has 42 heavy (non-hydrogen) atoms. The smallest absolute Gasteiger partial charge is 0.397 e. The lowest BCUT2D eigenvalue weighted by Crippen LogP contribution is -2.39. The topological polar surface area (TPSA) is 120 Å². The van der Waals surface area contributed by atoms with Crippen molar-refractivity contribution in [3.05, 3.63) is 88.9 Å². The number of carbonyl (C=O) groups is 3. The van der Waals surface area contributed by atoms with Crippen LogP contribution in [-0.2, 0) is 40.2 Å². The lowest BCUT2D eigenvalue weighted by atomic mass is 10.0. The maximum atomic E-state index is 13.4. The molecule has 3 aromatic rings. The quantitative estimate of drug-likeness (QED) is 0.193. The van der Waals surface area contributed by atoms with Crippen LogP contribution < -0.4 is 4.90 Å². The van der Waals surface area contributed by atoms with E-state index in [2.05, 4.69) is 4.74 Å². The largest absolute Gasteiger partial charge is 0.462 e. The molecule has 4 rings (SSSR count). The summed E-state index contributed by atoms with van der Waals surface area (Å²) in [6.07, 6.45) is -0.420. The lowest BCUT2D eigenvalue weighted by molar-refractivity contribution is -0.151. The van der Waals surface area contributed by atoms with Gasteiger partial charge in [-0.15, -0.1) is 0 Å². The monoisotopic (exact) mass is 614 g/mol. The molecule has 1 fully saturated rings. The van der Waals surface area contributed by atoms with Crippen molar-refractivity contribution in [2.45, 2.75) is 43.6 Å². The number of rotatable bonds is 9. The third-order valence-corrected chi connectivity index (χ3v) is 8.81. The molecule has 1 heterocycles. The molecule has 0 radical (unpaired) electrons. The van der Waals surface area contributed by atoms with Crippen molar-refractivity contribution in [2.24, 2.45) is 0 Å². The predicted octanol–water partition coefficient (Wildman–Crippen LogP) is 4.72. The number of esters is 1. The minimum atomic E-state index is -3.85. The second kappa shape index (κ2) is 12.7. The Kier molecular flexibility index (Phi) is 9.49. The lowest BCUT2D eigenvalue weighted by Gasteiger charge is -2.24. The SMILES string of the molecule is COC(=O)C(=O)N(c1ccccc1)c1cc(Cl)ccc1C(=O)CCc1ccc(S(=O)(=O)N(C)C2COC(C)(C)O2)cc1. The van der Waals surface area contributed by atoms with E-state index in [0.717, 1.165) is 21.9 Å². The zero-order chi connectivity index (χ0) is 30.7. The summed E-state index contributed by atoms with van der Waals surface area (Å²) in [6, 6.07) is 19.1. The highest BCUT2D eigenvalue weighted by atomic mass is 35.5. The van der Waals surface area contributed by atoms with Gasteiger partial charge in [0.15, 0.2) is 17.8 Å². The van der Waals surface area contributed by atoms with Crippen molar-refractivity contribution in [1.29, 1.82) is 0 Å². The average molecular weight is 615 g/mol. The number of aryl methyl sites for hydroxylation is 1. The zero-order valence-electron chi connectivity index (χ0n) is 23.6. The van der Waals surface area contributed by atoms with Crippen LogP contribution in [0.5, 0.6) is 0 Å². The first-order chi connectivity index (χ1) is 19.8. The first-order valence-corrected chi connectivity index (χ1v) is 14.8. The third-order valence-electron chi connectivity index (χ3n) is 6.72. The van der Waals surface area contributed by atoms with Gasteiger partial charge < -0.3 is 14.2 Å². The summed E-state index contributed by atoms with van der Waals surface area (Å²) < 4.78 is 43.2. The maximum Gasteiger partial charge on any atom is 0.397 e. The minimum Gasteiger partial charge on any atom is -0.462 e. The molecular formula is C30H31ClN2O8S. The Balaban J connectivity index is 1.53. The van der Waals surface area contributed by atoms with Gasteiger partial charge in [-0.3, -0.25) is 14.5 Å². The standard InChI is InChI=1S/C30H31ClN2O8S/c1-30(2)40-19-27(41-30)32(3)42(37,38)23-14-10-20(11-15-23)12-17-26(34)24-16-13-21(31)18-25(24)33(28(35)29(36)39-4)22-8-6-5-7-9-22/h5-11,13-16,18,27H,12,17,19H2,1-4H3. The molecule has 1 amide bonds. The van der Waals surface area contributed by atoms with Crippen molar-refractivity contribution in [2.75, 3.05) is 25.7 Å². The molecule has 1 unspecified atom stereocenters. The highest BCUT2D eigenvalue weighted by molar-refractivity contribution is 7.89. The molecule has 0 aromatic heterocycles. The van der Waals surface area contributed by atoms with Crippen LogP contribution in [0.25, 0.3) is 0 Å². The summed E-state index contributed by atoms with van der Waals surface area (Å²) in [6.45, 7) is 3.54. The summed E-state index contributed by atoms with van der Waals surface area (Å²) >= 11 is 6.24. The number of benzene rings is 3. The summed E-state index contributed by atoms with van der Waals surface area (Å²) in [5.41, 5.74) is 1.40. The number of halogens is 1. The number of hydrogen-bond acceptors (Lipinski definition) is 8. The maximum absolute atomic E-state index is 13.4. The number of methoxy groups -OCH3 is 1. The minimum absolute atomic E-state index is 0.0397. The van der Waals surface area contributed by atoms with E-state index in [1.807, 2.05) is 0 Å². The molecule has 12 heteroatoms. The Bertz CT molecular complexity index is 1580. The predicted molar refractivity (Wildman–Crippen MR) is 156 cm³/mol. The van der Waals surface area contributed by atoms with Gasteiger partial charge >= 0.3 is 11.9 Å². The van der Waals surface area contributed by atoms with Crippen LogP contribution in [0.1, 0.15) is 36.2 Å². The average Bonchev–Trinajstić information content (AvgIpc) is 3.35. The van der Waals surface area contributed by atoms with E-state index < -0.39 is 33.9 Å². The second-order valence-corrected chi connectivity index (χ2v) is 12.4. The number of hydrogen-bond donors (Lipinski definition) is 0. The van der Waals surface area contributed by atoms with Crippen molar-refractivity contribution in [3.8, 4) is 0 Å². The van der Waals surface area contributed by atoms with E-state index in [1.165, 1.54) is 37.4 Å². The summed E-state index contributed by atoms with van der Waals surface area (Å²) in [4.78, 5) is 39.9. The number of para-hydroxylation sites is 1. The van der Waals surface area contributed by atoms with E-state index in [-0.39, 0.29) is 40.0 Å². The first kappa shape index (κ1) is 31.3. The van der Waals surface area contributed by atoms with Gasteiger partial charge in [-0.1, -0.05) is 41.9 Å². The molecule has 1 aliphatic rings. The highest BCUT2D eigenvalue weighted by Gasteiger charge is 2.39. The molecule has 0 aliphatic carbocycles. The van der Waals surface area contributed by atoms with E-state index in [4.69, 9.17) is 21.1 Å². The fraction of sp³-hybridized carbons (Fsp3) is 0.300. The molecule has 1 saturated heterocycles.